The Bertz CT molecular complexity index is 800. The van der Waals surface area contributed by atoms with Crippen molar-refractivity contribution in [2.24, 2.45) is 0 Å². The molecule has 3 atom stereocenters. The molecule has 1 heterocycles. The van der Waals surface area contributed by atoms with E-state index in [1.807, 2.05) is 38.1 Å². The highest BCUT2D eigenvalue weighted by Crippen LogP contribution is 2.28. The topological polar surface area (TPSA) is 61.8 Å². The summed E-state index contributed by atoms with van der Waals surface area (Å²) < 4.78 is 16.6. The number of aryl methyl sites for hydroxylation is 2. The van der Waals surface area contributed by atoms with E-state index < -0.39 is 24.1 Å². The lowest BCUT2D eigenvalue weighted by Gasteiger charge is -2.19. The zero-order valence-corrected chi connectivity index (χ0v) is 16.8. The second-order valence-corrected chi connectivity index (χ2v) is 7.62. The van der Waals surface area contributed by atoms with Crippen LogP contribution in [0.3, 0.4) is 0 Å². The summed E-state index contributed by atoms with van der Waals surface area (Å²) in [4.78, 5) is 24.5. The molecule has 2 aromatic rings. The molecule has 0 saturated carbocycles. The summed E-state index contributed by atoms with van der Waals surface area (Å²) in [5.41, 5.74) is 3.09. The van der Waals surface area contributed by atoms with Gasteiger partial charge in [0, 0.05) is 6.42 Å². The van der Waals surface area contributed by atoms with Crippen molar-refractivity contribution in [2.45, 2.75) is 37.5 Å². The first-order chi connectivity index (χ1) is 12.9. The van der Waals surface area contributed by atoms with Gasteiger partial charge in [-0.15, -0.1) is 0 Å². The lowest BCUT2D eigenvalue weighted by molar-refractivity contribution is -0.0309. The molecule has 6 heteroatoms. The molecule has 0 unspecified atom stereocenters. The monoisotopic (exact) mass is 432 g/mol. The van der Waals surface area contributed by atoms with E-state index in [0.29, 0.717) is 17.5 Å². The molecule has 0 amide bonds. The third kappa shape index (κ3) is 5.17. The van der Waals surface area contributed by atoms with Gasteiger partial charge in [0.05, 0.1) is 11.1 Å². The number of rotatable bonds is 5. The quantitative estimate of drug-likeness (QED) is 0.523. The lowest BCUT2D eigenvalue weighted by atomic mass is 10.1. The van der Waals surface area contributed by atoms with Gasteiger partial charge in [0.25, 0.3) is 0 Å². The Hall–Kier alpha value is -2.18. The maximum atomic E-state index is 12.4. The van der Waals surface area contributed by atoms with Gasteiger partial charge in [-0.1, -0.05) is 51.3 Å². The summed E-state index contributed by atoms with van der Waals surface area (Å²) in [5.74, 6) is -0.847. The maximum Gasteiger partial charge on any atom is 0.338 e. The second kappa shape index (κ2) is 8.67. The third-order valence-corrected chi connectivity index (χ3v) is 4.96. The molecule has 27 heavy (non-hydrogen) atoms. The minimum absolute atomic E-state index is 0.0145. The molecule has 0 spiro atoms. The second-order valence-electron chi connectivity index (χ2n) is 6.59. The maximum absolute atomic E-state index is 12.4. The van der Waals surface area contributed by atoms with Crippen LogP contribution < -0.4 is 0 Å². The van der Waals surface area contributed by atoms with E-state index in [0.717, 1.165) is 11.1 Å². The van der Waals surface area contributed by atoms with Crippen molar-refractivity contribution in [3.8, 4) is 0 Å². The average molecular weight is 433 g/mol. The minimum atomic E-state index is -0.516. The number of benzene rings is 2. The fraction of sp³-hybridized carbons (Fsp3) is 0.333. The van der Waals surface area contributed by atoms with E-state index in [9.17, 15) is 9.59 Å². The van der Waals surface area contributed by atoms with Crippen LogP contribution in [0.1, 0.15) is 38.3 Å². The number of alkyl halides is 1. The summed E-state index contributed by atoms with van der Waals surface area (Å²) in [6, 6.07) is 14.3. The largest absolute Gasteiger partial charge is 0.459 e. The van der Waals surface area contributed by atoms with Crippen molar-refractivity contribution in [1.29, 1.82) is 0 Å². The van der Waals surface area contributed by atoms with E-state index in [2.05, 4.69) is 15.9 Å². The Balaban J connectivity index is 1.58. The molecule has 0 aliphatic carbocycles. The predicted octanol–water partition coefficient (Wildman–Crippen LogP) is 4.20. The van der Waals surface area contributed by atoms with Crippen LogP contribution in [-0.4, -0.2) is 35.8 Å². The Morgan fingerprint density at radius 2 is 1.48 bits per heavy atom. The number of carbonyl (C=O) groups excluding carboxylic acids is 2. The van der Waals surface area contributed by atoms with Crippen LogP contribution in [0.4, 0.5) is 0 Å². The van der Waals surface area contributed by atoms with Gasteiger partial charge in [0.15, 0.2) is 0 Å². The van der Waals surface area contributed by atoms with Crippen molar-refractivity contribution >= 4 is 27.9 Å². The van der Waals surface area contributed by atoms with Crippen molar-refractivity contribution in [3.05, 3.63) is 70.8 Å². The highest BCUT2D eigenvalue weighted by Gasteiger charge is 2.38. The van der Waals surface area contributed by atoms with E-state index in [4.69, 9.17) is 14.2 Å². The first kappa shape index (κ1) is 19.6. The van der Waals surface area contributed by atoms with Gasteiger partial charge in [-0.25, -0.2) is 9.59 Å². The van der Waals surface area contributed by atoms with Crippen molar-refractivity contribution in [2.75, 3.05) is 6.61 Å². The fourth-order valence-corrected chi connectivity index (χ4v) is 3.41. The van der Waals surface area contributed by atoms with Gasteiger partial charge < -0.3 is 14.2 Å². The molecule has 1 saturated heterocycles. The van der Waals surface area contributed by atoms with E-state index in [1.165, 1.54) is 0 Å². The summed E-state index contributed by atoms with van der Waals surface area (Å²) in [5, 5.41) is -0.253. The molecule has 142 valence electrons. The number of halogens is 1. The number of esters is 2. The standard InChI is InChI=1S/C21H21BrO5/c1-13-3-7-15(8-4-13)20(23)25-12-18-17(11-19(22)26-18)27-21(24)16-9-5-14(2)6-10-16/h3-10,17-19H,11-12H2,1-2H3/t17-,18-,19-/m1/s1. The normalized spacial score (nSPS) is 21.7. The molecular formula is C21H21BrO5. The zero-order chi connectivity index (χ0) is 19.4. The minimum Gasteiger partial charge on any atom is -0.459 e. The number of hydrogen-bond donors (Lipinski definition) is 0. The van der Waals surface area contributed by atoms with Gasteiger partial charge in [-0.2, -0.15) is 0 Å². The molecule has 1 aliphatic heterocycles. The fourth-order valence-electron chi connectivity index (χ4n) is 2.76. The van der Waals surface area contributed by atoms with Gasteiger partial charge in [0.1, 0.15) is 23.8 Å². The van der Waals surface area contributed by atoms with Crippen molar-refractivity contribution < 1.29 is 23.8 Å². The van der Waals surface area contributed by atoms with Crippen molar-refractivity contribution in [3.63, 3.8) is 0 Å². The first-order valence-electron chi connectivity index (χ1n) is 8.73. The van der Waals surface area contributed by atoms with E-state index >= 15 is 0 Å². The van der Waals surface area contributed by atoms with Crippen LogP contribution in [0.15, 0.2) is 48.5 Å². The van der Waals surface area contributed by atoms with Crippen LogP contribution in [-0.2, 0) is 14.2 Å². The Morgan fingerprint density at radius 3 is 2.04 bits per heavy atom. The first-order valence-corrected chi connectivity index (χ1v) is 9.65. The van der Waals surface area contributed by atoms with Crippen molar-refractivity contribution in [1.82, 2.24) is 0 Å². The summed E-state index contributed by atoms with van der Waals surface area (Å²) in [7, 11) is 0. The Morgan fingerprint density at radius 1 is 0.963 bits per heavy atom. The molecule has 2 aromatic carbocycles. The van der Waals surface area contributed by atoms with Crippen LogP contribution in [0.5, 0.6) is 0 Å². The Labute approximate surface area is 166 Å². The number of ether oxygens (including phenoxy) is 3. The molecule has 1 fully saturated rings. The van der Waals surface area contributed by atoms with Gasteiger partial charge in [0.2, 0.25) is 0 Å². The molecule has 0 aromatic heterocycles. The zero-order valence-electron chi connectivity index (χ0n) is 15.2. The Kier molecular flexibility index (Phi) is 6.29. The van der Waals surface area contributed by atoms with Crippen LogP contribution in [0, 0.1) is 13.8 Å². The highest BCUT2D eigenvalue weighted by molar-refractivity contribution is 9.09. The smallest absolute Gasteiger partial charge is 0.338 e. The molecule has 3 rings (SSSR count). The van der Waals surface area contributed by atoms with Gasteiger partial charge >= 0.3 is 11.9 Å². The number of hydrogen-bond acceptors (Lipinski definition) is 5. The van der Waals surface area contributed by atoms with E-state index in [1.54, 1.807) is 24.3 Å². The SMILES string of the molecule is Cc1ccc(C(=O)OC[C@H]2O[C@@H](Br)C[C@H]2OC(=O)c2ccc(C)cc2)cc1. The van der Waals surface area contributed by atoms with Gasteiger partial charge in [-0.3, -0.25) is 0 Å². The summed E-state index contributed by atoms with van der Waals surface area (Å²) in [6.07, 6.45) is -0.517. The molecule has 5 nitrogen and oxygen atoms in total. The third-order valence-electron chi connectivity index (χ3n) is 4.37. The predicted molar refractivity (Wildman–Crippen MR) is 104 cm³/mol. The summed E-state index contributed by atoms with van der Waals surface area (Å²) >= 11 is 3.38. The number of carbonyl (C=O) groups is 2. The van der Waals surface area contributed by atoms with Gasteiger partial charge in [-0.05, 0) is 38.1 Å². The summed E-state index contributed by atoms with van der Waals surface area (Å²) in [6.45, 7) is 3.92. The van der Waals surface area contributed by atoms with Crippen LogP contribution >= 0.6 is 15.9 Å². The molecular weight excluding hydrogens is 412 g/mol. The van der Waals surface area contributed by atoms with E-state index in [-0.39, 0.29) is 11.6 Å². The highest BCUT2D eigenvalue weighted by atomic mass is 79.9. The molecule has 0 N–H and O–H groups in total. The lowest BCUT2D eigenvalue weighted by Crippen LogP contribution is -2.32. The van der Waals surface area contributed by atoms with Crippen LogP contribution in [0.25, 0.3) is 0 Å². The molecule has 1 aliphatic rings. The molecule has 0 radical (unpaired) electrons. The van der Waals surface area contributed by atoms with Crippen LogP contribution in [0.2, 0.25) is 0 Å². The average Bonchev–Trinajstić information content (AvgIpc) is 3.00. The molecule has 0 bridgehead atoms.